The van der Waals surface area contributed by atoms with E-state index in [0.717, 1.165) is 11.1 Å². The van der Waals surface area contributed by atoms with Crippen LogP contribution in [0.15, 0.2) is 77.3 Å². The summed E-state index contributed by atoms with van der Waals surface area (Å²) < 4.78 is 15.9. The number of rotatable bonds is 12. The predicted molar refractivity (Wildman–Crippen MR) is 148 cm³/mol. The van der Waals surface area contributed by atoms with Gasteiger partial charge >= 0.3 is 0 Å². The van der Waals surface area contributed by atoms with Gasteiger partial charge in [-0.05, 0) is 47.9 Å². The molecule has 3 rings (SSSR count). The van der Waals surface area contributed by atoms with Gasteiger partial charge in [-0.3, -0.25) is 4.79 Å². The van der Waals surface area contributed by atoms with E-state index >= 15 is 0 Å². The predicted octanol–water partition coefficient (Wildman–Crippen LogP) is 5.81. The topological polar surface area (TPSA) is 92.6 Å². The van der Waals surface area contributed by atoms with Gasteiger partial charge in [-0.25, -0.2) is 0 Å². The Bertz CT molecular complexity index is 1310. The third-order valence-electron chi connectivity index (χ3n) is 5.37. The minimum atomic E-state index is -0.472. The number of amides is 1. The van der Waals surface area contributed by atoms with Crippen LogP contribution in [0.1, 0.15) is 11.1 Å². The van der Waals surface area contributed by atoms with Gasteiger partial charge in [0.05, 0.1) is 26.4 Å². The van der Waals surface area contributed by atoms with Crippen LogP contribution in [0, 0.1) is 11.3 Å². The number of nitriles is 1. The van der Waals surface area contributed by atoms with Crippen molar-refractivity contribution < 1.29 is 19.0 Å². The van der Waals surface area contributed by atoms with Gasteiger partial charge in [-0.15, -0.1) is 11.8 Å². The van der Waals surface area contributed by atoms with Crippen molar-refractivity contribution in [3.8, 4) is 23.3 Å². The maximum atomic E-state index is 13.1. The number of halogens is 1. The zero-order valence-electron chi connectivity index (χ0n) is 20.8. The summed E-state index contributed by atoms with van der Waals surface area (Å²) in [6, 6.07) is 22.4. The lowest BCUT2D eigenvalue weighted by atomic mass is 10.1. The van der Waals surface area contributed by atoms with Crippen LogP contribution >= 0.6 is 23.4 Å². The van der Waals surface area contributed by atoms with Crippen molar-refractivity contribution in [1.82, 2.24) is 5.32 Å². The SMILES string of the molecule is COc1cccc(NC(SCc2ccccc2Cl)=C(C#N)C(=O)NCCc2ccc(OC)c(OC)c2)c1. The number of methoxy groups -OCH3 is 3. The lowest BCUT2D eigenvalue weighted by Gasteiger charge is -2.15. The first-order valence-electron chi connectivity index (χ1n) is 11.4. The monoisotopic (exact) mass is 537 g/mol. The maximum Gasteiger partial charge on any atom is 0.264 e. The minimum Gasteiger partial charge on any atom is -0.497 e. The largest absolute Gasteiger partial charge is 0.497 e. The van der Waals surface area contributed by atoms with E-state index in [2.05, 4.69) is 16.7 Å². The smallest absolute Gasteiger partial charge is 0.264 e. The molecular weight excluding hydrogens is 510 g/mol. The van der Waals surface area contributed by atoms with E-state index in [4.69, 9.17) is 25.8 Å². The number of hydrogen-bond acceptors (Lipinski definition) is 7. The summed E-state index contributed by atoms with van der Waals surface area (Å²) in [7, 11) is 4.73. The molecule has 0 spiro atoms. The van der Waals surface area contributed by atoms with Crippen LogP contribution in [0.3, 0.4) is 0 Å². The summed E-state index contributed by atoms with van der Waals surface area (Å²) in [4.78, 5) is 13.1. The molecule has 192 valence electrons. The van der Waals surface area contributed by atoms with Gasteiger partial charge in [0.15, 0.2) is 11.5 Å². The molecule has 37 heavy (non-hydrogen) atoms. The number of benzene rings is 3. The van der Waals surface area contributed by atoms with Gasteiger partial charge < -0.3 is 24.8 Å². The molecule has 0 atom stereocenters. The second-order valence-electron chi connectivity index (χ2n) is 7.75. The fourth-order valence-electron chi connectivity index (χ4n) is 3.42. The molecule has 3 aromatic carbocycles. The summed E-state index contributed by atoms with van der Waals surface area (Å²) in [5.41, 5.74) is 2.52. The highest BCUT2D eigenvalue weighted by molar-refractivity contribution is 8.02. The number of hydrogen-bond donors (Lipinski definition) is 2. The summed E-state index contributed by atoms with van der Waals surface area (Å²) in [6.45, 7) is 0.334. The molecule has 0 bridgehead atoms. The Hall–Kier alpha value is -3.80. The summed E-state index contributed by atoms with van der Waals surface area (Å²) in [5, 5.41) is 17.0. The standard InChI is InChI=1S/C28H28ClN3O4S/c1-34-22-9-6-8-21(16-22)32-28(37-18-20-7-4-5-10-24(20)29)23(17-30)27(33)31-14-13-19-11-12-25(35-2)26(15-19)36-3/h4-12,15-16,32H,13-14,18H2,1-3H3,(H,31,33). The molecule has 3 aromatic rings. The first-order chi connectivity index (χ1) is 18.0. The molecule has 0 radical (unpaired) electrons. The van der Waals surface area contributed by atoms with Crippen LogP contribution in [0.2, 0.25) is 5.02 Å². The van der Waals surface area contributed by atoms with Crippen molar-refractivity contribution in [1.29, 1.82) is 5.26 Å². The van der Waals surface area contributed by atoms with Crippen molar-refractivity contribution in [2.75, 3.05) is 33.2 Å². The third kappa shape index (κ3) is 7.84. The number of anilines is 1. The fraction of sp³-hybridized carbons (Fsp3) is 0.214. The van der Waals surface area contributed by atoms with Crippen molar-refractivity contribution in [3.05, 3.63) is 93.5 Å². The van der Waals surface area contributed by atoms with Gasteiger partial charge in [0.25, 0.3) is 5.91 Å². The Kier molecular flexibility index (Phi) is 10.6. The van der Waals surface area contributed by atoms with Gasteiger partial charge in [0.1, 0.15) is 17.4 Å². The van der Waals surface area contributed by atoms with Crippen molar-refractivity contribution in [3.63, 3.8) is 0 Å². The molecule has 1 amide bonds. The molecule has 2 N–H and O–H groups in total. The van der Waals surface area contributed by atoms with Crippen LogP contribution < -0.4 is 24.8 Å². The quantitative estimate of drug-likeness (QED) is 0.222. The molecule has 0 saturated heterocycles. The molecule has 0 aliphatic carbocycles. The Morgan fingerprint density at radius 3 is 2.46 bits per heavy atom. The molecule has 9 heteroatoms. The number of nitrogens with one attached hydrogen (secondary N) is 2. The molecule has 0 aliphatic heterocycles. The first-order valence-corrected chi connectivity index (χ1v) is 12.8. The summed E-state index contributed by atoms with van der Waals surface area (Å²) in [5.74, 6) is 1.90. The zero-order valence-corrected chi connectivity index (χ0v) is 22.4. The van der Waals surface area contributed by atoms with E-state index in [1.54, 1.807) is 27.4 Å². The number of nitrogens with zero attached hydrogens (tertiary/aromatic N) is 1. The average molecular weight is 538 g/mol. The lowest BCUT2D eigenvalue weighted by Crippen LogP contribution is -2.28. The number of ether oxygens (including phenoxy) is 3. The molecular formula is C28H28ClN3O4S. The Morgan fingerprint density at radius 1 is 0.973 bits per heavy atom. The van der Waals surface area contributed by atoms with Gasteiger partial charge in [0, 0.05) is 29.1 Å². The summed E-state index contributed by atoms with van der Waals surface area (Å²) in [6.07, 6.45) is 0.552. The molecule has 0 unspecified atom stereocenters. The number of thioether (sulfide) groups is 1. The Balaban J connectivity index is 1.79. The molecule has 0 aromatic heterocycles. The van der Waals surface area contributed by atoms with Crippen LogP contribution in [0.4, 0.5) is 5.69 Å². The summed E-state index contributed by atoms with van der Waals surface area (Å²) >= 11 is 7.65. The normalized spacial score (nSPS) is 11.1. The highest BCUT2D eigenvalue weighted by Gasteiger charge is 2.17. The van der Waals surface area contributed by atoms with E-state index < -0.39 is 5.91 Å². The van der Waals surface area contributed by atoms with Crippen LogP contribution in [-0.4, -0.2) is 33.8 Å². The minimum absolute atomic E-state index is 0.0211. The van der Waals surface area contributed by atoms with E-state index in [-0.39, 0.29) is 5.57 Å². The molecule has 7 nitrogen and oxygen atoms in total. The highest BCUT2D eigenvalue weighted by atomic mass is 35.5. The second kappa shape index (κ2) is 14.1. The third-order valence-corrected chi connectivity index (χ3v) is 6.79. The van der Waals surface area contributed by atoms with Gasteiger partial charge in [-0.1, -0.05) is 41.9 Å². The Labute approximate surface area is 226 Å². The number of carbonyl (C=O) groups excluding carboxylic acids is 1. The lowest BCUT2D eigenvalue weighted by molar-refractivity contribution is -0.117. The van der Waals surface area contributed by atoms with Gasteiger partial charge in [-0.2, -0.15) is 5.26 Å². The fourth-order valence-corrected chi connectivity index (χ4v) is 4.72. The van der Waals surface area contributed by atoms with Crippen LogP contribution in [-0.2, 0) is 17.0 Å². The zero-order chi connectivity index (χ0) is 26.6. The first kappa shape index (κ1) is 27.8. The van der Waals surface area contributed by atoms with Crippen molar-refractivity contribution in [2.24, 2.45) is 0 Å². The second-order valence-corrected chi connectivity index (χ2v) is 9.14. The van der Waals surface area contributed by atoms with Crippen LogP contribution in [0.5, 0.6) is 17.2 Å². The maximum absolute atomic E-state index is 13.1. The van der Waals surface area contributed by atoms with E-state index in [1.165, 1.54) is 11.8 Å². The Morgan fingerprint density at radius 2 is 1.76 bits per heavy atom. The van der Waals surface area contributed by atoms with Gasteiger partial charge in [0.2, 0.25) is 0 Å². The van der Waals surface area contributed by atoms with Crippen molar-refractivity contribution >= 4 is 35.0 Å². The molecule has 0 aliphatic rings. The molecule has 0 saturated carbocycles. The molecule has 0 heterocycles. The van der Waals surface area contributed by atoms with Crippen molar-refractivity contribution in [2.45, 2.75) is 12.2 Å². The highest BCUT2D eigenvalue weighted by Crippen LogP contribution is 2.30. The van der Waals surface area contributed by atoms with E-state index in [9.17, 15) is 10.1 Å². The molecule has 0 fully saturated rings. The van der Waals surface area contributed by atoms with E-state index in [1.807, 2.05) is 60.7 Å². The van der Waals surface area contributed by atoms with Crippen LogP contribution in [0.25, 0.3) is 0 Å². The van der Waals surface area contributed by atoms with E-state index in [0.29, 0.717) is 51.7 Å². The average Bonchev–Trinajstić information content (AvgIpc) is 2.92. The number of carbonyl (C=O) groups is 1.